The summed E-state index contributed by atoms with van der Waals surface area (Å²) < 4.78 is 39.2. The molecule has 2 heterocycles. The minimum atomic E-state index is -4.31. The molecule has 0 aromatic heterocycles. The second-order valence-corrected chi connectivity index (χ2v) is 12.2. The molecule has 230 valence electrons. The Hall–Kier alpha value is -3.79. The lowest BCUT2D eigenvalue weighted by molar-refractivity contribution is -0.384. The molecule has 2 aliphatic heterocycles. The van der Waals surface area contributed by atoms with Crippen molar-refractivity contribution in [3.8, 4) is 0 Å². The average Bonchev–Trinajstić information content (AvgIpc) is 3.28. The smallest absolute Gasteiger partial charge is 0.400 e. The normalized spacial score (nSPS) is 18.6. The van der Waals surface area contributed by atoms with Crippen LogP contribution < -0.4 is 5.32 Å². The molecule has 1 saturated heterocycles. The number of β-lactam (4-membered cyclic amide) rings is 1. The summed E-state index contributed by atoms with van der Waals surface area (Å²) in [5.41, 5.74) is 1.33. The number of non-ortho nitro benzene ring substituents is 1. The van der Waals surface area contributed by atoms with Crippen LogP contribution in [0.25, 0.3) is 0 Å². The average molecular weight is 634 g/mol. The third-order valence-electron chi connectivity index (χ3n) is 6.82. The van der Waals surface area contributed by atoms with Crippen molar-refractivity contribution < 1.29 is 40.8 Å². The molecule has 43 heavy (non-hydrogen) atoms. The predicted octanol–water partition coefficient (Wildman–Crippen LogP) is 2.86. The number of nitro groups is 1. The number of carbonyl (C=O) groups is 3. The maximum atomic E-state index is 13.3. The molecular weight excluding hydrogens is 602 g/mol. The topological polar surface area (TPSA) is 171 Å². The first-order chi connectivity index (χ1) is 20.5. The van der Waals surface area contributed by atoms with Gasteiger partial charge in [0.25, 0.3) is 5.69 Å². The zero-order valence-corrected chi connectivity index (χ0v) is 25.1. The molecule has 0 spiro atoms. The quantitative estimate of drug-likeness (QED) is 0.101. The molecular formula is C28H31N3O10S2. The van der Waals surface area contributed by atoms with Gasteiger partial charge in [0.1, 0.15) is 12.3 Å². The number of fused-ring (bicyclic) bond motifs is 1. The van der Waals surface area contributed by atoms with Crippen molar-refractivity contribution in [2.45, 2.75) is 45.4 Å². The van der Waals surface area contributed by atoms with Crippen molar-refractivity contribution in [3.63, 3.8) is 0 Å². The van der Waals surface area contributed by atoms with Crippen molar-refractivity contribution >= 4 is 45.6 Å². The number of nitrogens with zero attached hydrogens (tertiary/aromatic N) is 2. The number of nitro benzene ring substituents is 1. The molecule has 0 aliphatic carbocycles. The standard InChI is InChI=1S/C28H31N3O10S2/c1-3-40-43(37,38)41-18(2)25-22-16-23(42-14-13-29-24(32)15-19-7-5-4-6-8-19)26(30(22)27(25)33)28(34)39-17-20-9-11-21(12-10-20)31(35)36/h4-12,18,22,25H,3,13-17H2,1-2H3,(H,29,32)/t18-,22+,25-/m0/s1. The maximum absolute atomic E-state index is 13.3. The summed E-state index contributed by atoms with van der Waals surface area (Å²) in [5, 5.41) is 13.7. The summed E-state index contributed by atoms with van der Waals surface area (Å²) in [6.07, 6.45) is -0.545. The number of esters is 1. The highest BCUT2D eigenvalue weighted by atomic mass is 32.3. The van der Waals surface area contributed by atoms with Gasteiger partial charge in [-0.3, -0.25) is 19.7 Å². The Morgan fingerprint density at radius 2 is 1.84 bits per heavy atom. The summed E-state index contributed by atoms with van der Waals surface area (Å²) in [4.78, 5) is 51.0. The van der Waals surface area contributed by atoms with Gasteiger partial charge in [0, 0.05) is 35.8 Å². The molecule has 2 aromatic rings. The highest BCUT2D eigenvalue weighted by Crippen LogP contribution is 2.48. The molecule has 15 heteroatoms. The summed E-state index contributed by atoms with van der Waals surface area (Å²) in [6, 6.07) is 14.3. The van der Waals surface area contributed by atoms with Crippen LogP contribution in [0.15, 0.2) is 65.2 Å². The van der Waals surface area contributed by atoms with Crippen molar-refractivity contribution in [3.05, 3.63) is 86.4 Å². The van der Waals surface area contributed by atoms with E-state index in [0.29, 0.717) is 22.8 Å². The van der Waals surface area contributed by atoms with Crippen molar-refractivity contribution in [2.24, 2.45) is 5.92 Å². The van der Waals surface area contributed by atoms with Gasteiger partial charge in [-0.1, -0.05) is 30.3 Å². The third-order valence-corrected chi connectivity index (χ3v) is 9.00. The minimum Gasteiger partial charge on any atom is -0.456 e. The predicted molar refractivity (Wildman–Crippen MR) is 155 cm³/mol. The van der Waals surface area contributed by atoms with Crippen LogP contribution in [0.2, 0.25) is 0 Å². The monoisotopic (exact) mass is 633 g/mol. The number of carbonyl (C=O) groups excluding carboxylic acids is 3. The number of nitrogens with one attached hydrogen (secondary N) is 1. The number of thioether (sulfide) groups is 1. The molecule has 0 radical (unpaired) electrons. The van der Waals surface area contributed by atoms with E-state index in [1.165, 1.54) is 54.8 Å². The lowest BCUT2D eigenvalue weighted by atomic mass is 9.83. The largest absolute Gasteiger partial charge is 0.456 e. The second kappa shape index (κ2) is 14.1. The molecule has 3 atom stereocenters. The van der Waals surface area contributed by atoms with E-state index in [1.54, 1.807) is 0 Å². The Morgan fingerprint density at radius 1 is 1.14 bits per heavy atom. The fraction of sp³-hybridized carbons (Fsp3) is 0.393. The first kappa shape index (κ1) is 32.1. The fourth-order valence-corrected chi connectivity index (χ4v) is 6.79. The van der Waals surface area contributed by atoms with E-state index in [1.807, 2.05) is 30.3 Å². The summed E-state index contributed by atoms with van der Waals surface area (Å²) in [7, 11) is -4.31. The number of benzene rings is 2. The SMILES string of the molecule is CCOS(=O)(=O)O[C@@H](C)[C@@H]1C(=O)N2C(C(=O)OCc3ccc([N+](=O)[O-])cc3)=C(SCCNC(=O)Cc3ccccc3)C[C@H]12. The van der Waals surface area contributed by atoms with E-state index in [2.05, 4.69) is 9.50 Å². The van der Waals surface area contributed by atoms with Gasteiger partial charge in [-0.25, -0.2) is 13.2 Å². The Bertz CT molecular complexity index is 1500. The van der Waals surface area contributed by atoms with Crippen LogP contribution in [0.1, 0.15) is 31.4 Å². The van der Waals surface area contributed by atoms with Gasteiger partial charge < -0.3 is 15.0 Å². The number of rotatable bonds is 15. The Morgan fingerprint density at radius 3 is 2.49 bits per heavy atom. The third kappa shape index (κ3) is 7.98. The van der Waals surface area contributed by atoms with E-state index in [9.17, 15) is 32.9 Å². The first-order valence-corrected chi connectivity index (χ1v) is 15.8. The molecule has 4 rings (SSSR count). The van der Waals surface area contributed by atoms with Gasteiger partial charge in [0.05, 0.1) is 36.0 Å². The molecule has 1 fully saturated rings. The molecule has 2 aliphatic rings. The second-order valence-electron chi connectivity index (χ2n) is 9.75. The van der Waals surface area contributed by atoms with Crippen LogP contribution in [0, 0.1) is 16.0 Å². The molecule has 2 aromatic carbocycles. The van der Waals surface area contributed by atoms with Crippen molar-refractivity contribution in [2.75, 3.05) is 18.9 Å². The van der Waals surface area contributed by atoms with Gasteiger partial charge in [0.15, 0.2) is 0 Å². The summed E-state index contributed by atoms with van der Waals surface area (Å²) in [5.74, 6) is -1.84. The van der Waals surface area contributed by atoms with Gasteiger partial charge in [-0.15, -0.1) is 11.8 Å². The van der Waals surface area contributed by atoms with E-state index >= 15 is 0 Å². The highest BCUT2D eigenvalue weighted by molar-refractivity contribution is 8.03. The summed E-state index contributed by atoms with van der Waals surface area (Å²) in [6.45, 7) is 2.94. The zero-order chi connectivity index (χ0) is 31.1. The van der Waals surface area contributed by atoms with Crippen LogP contribution in [-0.4, -0.2) is 67.1 Å². The van der Waals surface area contributed by atoms with Gasteiger partial charge >= 0.3 is 16.4 Å². The van der Waals surface area contributed by atoms with E-state index < -0.39 is 45.3 Å². The Kier molecular flexibility index (Phi) is 10.6. The van der Waals surface area contributed by atoms with Crippen LogP contribution >= 0.6 is 11.8 Å². The van der Waals surface area contributed by atoms with Gasteiger partial charge in [-0.2, -0.15) is 8.42 Å². The van der Waals surface area contributed by atoms with Crippen LogP contribution in [0.3, 0.4) is 0 Å². The number of amides is 2. The lowest BCUT2D eigenvalue weighted by Gasteiger charge is -2.45. The van der Waals surface area contributed by atoms with E-state index in [-0.39, 0.29) is 43.3 Å². The number of hydrogen-bond acceptors (Lipinski definition) is 11. The van der Waals surface area contributed by atoms with Crippen LogP contribution in [-0.2, 0) is 50.9 Å². The van der Waals surface area contributed by atoms with Crippen molar-refractivity contribution in [1.29, 1.82) is 0 Å². The van der Waals surface area contributed by atoms with Gasteiger partial charge in [-0.05, 0) is 37.1 Å². The minimum absolute atomic E-state index is 0.0497. The zero-order valence-electron chi connectivity index (χ0n) is 23.5. The Labute approximate surface area is 253 Å². The van der Waals surface area contributed by atoms with E-state index in [0.717, 1.165) is 5.56 Å². The molecule has 0 bridgehead atoms. The number of hydrogen-bond donors (Lipinski definition) is 1. The maximum Gasteiger partial charge on any atom is 0.400 e. The molecule has 0 saturated carbocycles. The van der Waals surface area contributed by atoms with Crippen molar-refractivity contribution in [1.82, 2.24) is 10.2 Å². The van der Waals surface area contributed by atoms with Crippen LogP contribution in [0.4, 0.5) is 5.69 Å². The highest BCUT2D eigenvalue weighted by Gasteiger charge is 2.58. The molecule has 1 N–H and O–H groups in total. The summed E-state index contributed by atoms with van der Waals surface area (Å²) >= 11 is 1.29. The fourth-order valence-electron chi connectivity index (χ4n) is 4.89. The first-order valence-electron chi connectivity index (χ1n) is 13.5. The Balaban J connectivity index is 1.42. The van der Waals surface area contributed by atoms with Crippen LogP contribution in [0.5, 0.6) is 0 Å². The molecule has 13 nitrogen and oxygen atoms in total. The lowest BCUT2D eigenvalue weighted by Crippen LogP contribution is -2.62. The number of ether oxygens (including phenoxy) is 1. The van der Waals surface area contributed by atoms with E-state index in [4.69, 9.17) is 8.92 Å². The molecule has 2 amide bonds. The van der Waals surface area contributed by atoms with Gasteiger partial charge in [0.2, 0.25) is 11.8 Å². The molecule has 0 unspecified atom stereocenters.